The minimum absolute atomic E-state index is 0.577. The highest BCUT2D eigenvalue weighted by Gasteiger charge is 2.16. The molecule has 148 valence electrons. The number of methoxy groups -OCH3 is 3. The minimum atomic E-state index is 0.577. The van der Waals surface area contributed by atoms with Gasteiger partial charge in [-0.05, 0) is 54.0 Å². The van der Waals surface area contributed by atoms with Gasteiger partial charge in [-0.3, -0.25) is 0 Å². The lowest BCUT2D eigenvalue weighted by Crippen LogP contribution is -1.97. The summed E-state index contributed by atoms with van der Waals surface area (Å²) in [5, 5.41) is 2.48. The maximum absolute atomic E-state index is 5.50. The Labute approximate surface area is 170 Å². The number of rotatable bonds is 6. The highest BCUT2D eigenvalue weighted by Crippen LogP contribution is 2.41. The van der Waals surface area contributed by atoms with Gasteiger partial charge in [0.1, 0.15) is 0 Å². The fourth-order valence-corrected chi connectivity index (χ4v) is 4.00. The molecule has 0 bridgehead atoms. The van der Waals surface area contributed by atoms with Crippen molar-refractivity contribution in [1.82, 2.24) is 4.57 Å². The van der Waals surface area contributed by atoms with E-state index in [0.29, 0.717) is 17.2 Å². The highest BCUT2D eigenvalue weighted by molar-refractivity contribution is 6.09. The lowest BCUT2D eigenvalue weighted by atomic mass is 9.97. The van der Waals surface area contributed by atoms with Crippen LogP contribution in [0.15, 0.2) is 61.2 Å². The zero-order valence-corrected chi connectivity index (χ0v) is 17.3. The maximum Gasteiger partial charge on any atom is 0.203 e. The first-order chi connectivity index (χ1) is 14.1. The lowest BCUT2D eigenvalue weighted by molar-refractivity contribution is 0.324. The van der Waals surface area contributed by atoms with E-state index in [1.807, 2.05) is 12.1 Å². The Bertz CT molecular complexity index is 1190. The van der Waals surface area contributed by atoms with Crippen molar-refractivity contribution in [3.63, 3.8) is 0 Å². The second-order valence-corrected chi connectivity index (χ2v) is 6.89. The Morgan fingerprint density at radius 3 is 2.07 bits per heavy atom. The summed E-state index contributed by atoms with van der Waals surface area (Å²) in [5.74, 6) is 1.81. The highest BCUT2D eigenvalue weighted by atomic mass is 16.5. The number of nitrogens with zero attached hydrogens (tertiary/aromatic N) is 1. The number of aryl methyl sites for hydroxylation is 1. The minimum Gasteiger partial charge on any atom is -0.493 e. The molecule has 1 aromatic heterocycles. The van der Waals surface area contributed by atoms with Crippen molar-refractivity contribution in [3.8, 4) is 17.2 Å². The molecule has 0 spiro atoms. The van der Waals surface area contributed by atoms with Crippen molar-refractivity contribution in [3.05, 3.63) is 72.3 Å². The van der Waals surface area contributed by atoms with E-state index >= 15 is 0 Å². The number of ether oxygens (including phenoxy) is 3. The quantitative estimate of drug-likeness (QED) is 0.413. The van der Waals surface area contributed by atoms with Crippen LogP contribution in [0.4, 0.5) is 0 Å². The summed E-state index contributed by atoms with van der Waals surface area (Å²) in [7, 11) is 4.84. The first-order valence-electron chi connectivity index (χ1n) is 9.63. The first kappa shape index (κ1) is 18.9. The summed E-state index contributed by atoms with van der Waals surface area (Å²) < 4.78 is 18.8. The number of hydrogen-bond donors (Lipinski definition) is 0. The Balaban J connectivity index is 1.87. The third-order valence-corrected chi connectivity index (χ3v) is 5.45. The lowest BCUT2D eigenvalue weighted by Gasteiger charge is -2.15. The van der Waals surface area contributed by atoms with Gasteiger partial charge in [0.15, 0.2) is 11.5 Å². The number of hydrogen-bond acceptors (Lipinski definition) is 3. The number of aromatic nitrogens is 1. The zero-order chi connectivity index (χ0) is 20.5. The summed E-state index contributed by atoms with van der Waals surface area (Å²) in [6, 6.07) is 18.9. The molecule has 0 aliphatic heterocycles. The van der Waals surface area contributed by atoms with E-state index in [2.05, 4.69) is 60.5 Å². The van der Waals surface area contributed by atoms with Gasteiger partial charge in [-0.2, -0.15) is 0 Å². The largest absolute Gasteiger partial charge is 0.493 e. The number of fused-ring (bicyclic) bond motifs is 3. The summed E-state index contributed by atoms with van der Waals surface area (Å²) in [5.41, 5.74) is 5.37. The topological polar surface area (TPSA) is 32.6 Å². The SMILES string of the molecule is C=C(c1cc(OC)c(OC)c(OC)c1)c1ccc2c(c1)c1ccccc1n2CC. The third-order valence-electron chi connectivity index (χ3n) is 5.45. The van der Waals surface area contributed by atoms with Crippen LogP contribution in [0.5, 0.6) is 17.2 Å². The molecule has 0 saturated heterocycles. The normalized spacial score (nSPS) is 11.0. The molecule has 0 radical (unpaired) electrons. The van der Waals surface area contributed by atoms with E-state index in [1.165, 1.54) is 21.8 Å². The van der Waals surface area contributed by atoms with Crippen LogP contribution in [0.3, 0.4) is 0 Å². The van der Waals surface area contributed by atoms with Crippen LogP contribution in [0.1, 0.15) is 18.1 Å². The van der Waals surface area contributed by atoms with E-state index in [0.717, 1.165) is 23.2 Å². The molecule has 0 unspecified atom stereocenters. The van der Waals surface area contributed by atoms with Crippen LogP contribution in [0.2, 0.25) is 0 Å². The molecule has 0 aliphatic carbocycles. The molecule has 0 N–H and O–H groups in total. The van der Waals surface area contributed by atoms with Gasteiger partial charge >= 0.3 is 0 Å². The molecule has 0 amide bonds. The van der Waals surface area contributed by atoms with Crippen LogP contribution in [-0.2, 0) is 6.54 Å². The number of para-hydroxylation sites is 1. The molecule has 0 aliphatic rings. The van der Waals surface area contributed by atoms with Crippen molar-refractivity contribution in [1.29, 1.82) is 0 Å². The monoisotopic (exact) mass is 387 g/mol. The number of benzene rings is 3. The molecule has 1 heterocycles. The summed E-state index contributed by atoms with van der Waals surface area (Å²) >= 11 is 0. The van der Waals surface area contributed by atoms with Crippen LogP contribution in [0.25, 0.3) is 27.4 Å². The predicted molar refractivity (Wildman–Crippen MR) is 119 cm³/mol. The van der Waals surface area contributed by atoms with Gasteiger partial charge in [0.2, 0.25) is 5.75 Å². The van der Waals surface area contributed by atoms with Crippen molar-refractivity contribution in [2.24, 2.45) is 0 Å². The van der Waals surface area contributed by atoms with E-state index < -0.39 is 0 Å². The van der Waals surface area contributed by atoms with Crippen molar-refractivity contribution in [2.75, 3.05) is 21.3 Å². The third kappa shape index (κ3) is 3.01. The molecular weight excluding hydrogens is 362 g/mol. The molecule has 4 nitrogen and oxygen atoms in total. The molecule has 4 heteroatoms. The summed E-state index contributed by atoms with van der Waals surface area (Å²) in [6.07, 6.45) is 0. The van der Waals surface area contributed by atoms with Gasteiger partial charge in [-0.1, -0.05) is 30.8 Å². The maximum atomic E-state index is 5.50. The van der Waals surface area contributed by atoms with E-state index in [-0.39, 0.29) is 0 Å². The van der Waals surface area contributed by atoms with Crippen LogP contribution < -0.4 is 14.2 Å². The molecule has 29 heavy (non-hydrogen) atoms. The fourth-order valence-electron chi connectivity index (χ4n) is 4.00. The smallest absolute Gasteiger partial charge is 0.203 e. The van der Waals surface area contributed by atoms with Gasteiger partial charge in [-0.25, -0.2) is 0 Å². The fraction of sp³-hybridized carbons (Fsp3) is 0.200. The van der Waals surface area contributed by atoms with Crippen molar-refractivity contribution >= 4 is 27.4 Å². The molecule has 0 saturated carbocycles. The van der Waals surface area contributed by atoms with E-state index in [4.69, 9.17) is 14.2 Å². The molecule has 0 fully saturated rings. The van der Waals surface area contributed by atoms with Crippen LogP contribution >= 0.6 is 0 Å². The Morgan fingerprint density at radius 2 is 1.45 bits per heavy atom. The average Bonchev–Trinajstić information content (AvgIpc) is 3.10. The second kappa shape index (κ2) is 7.55. The standard InChI is InChI=1S/C25H25NO3/c1-6-26-21-10-8-7-9-19(21)20-13-17(11-12-22(20)26)16(2)18-14-23(27-3)25(29-5)24(15-18)28-4/h7-15H,2,6H2,1,3-5H3. The van der Waals surface area contributed by atoms with Crippen molar-refractivity contribution < 1.29 is 14.2 Å². The zero-order valence-electron chi connectivity index (χ0n) is 17.3. The van der Waals surface area contributed by atoms with Gasteiger partial charge in [0, 0.05) is 28.4 Å². The van der Waals surface area contributed by atoms with E-state index in [1.54, 1.807) is 21.3 Å². The van der Waals surface area contributed by atoms with Crippen molar-refractivity contribution in [2.45, 2.75) is 13.5 Å². The van der Waals surface area contributed by atoms with Gasteiger partial charge in [0.25, 0.3) is 0 Å². The first-order valence-corrected chi connectivity index (χ1v) is 9.63. The Kier molecular flexibility index (Phi) is 4.93. The average molecular weight is 387 g/mol. The molecule has 3 aromatic carbocycles. The van der Waals surface area contributed by atoms with Gasteiger partial charge in [-0.15, -0.1) is 0 Å². The Morgan fingerprint density at radius 1 is 0.793 bits per heavy atom. The van der Waals surface area contributed by atoms with Gasteiger partial charge < -0.3 is 18.8 Å². The molecule has 4 rings (SSSR count). The van der Waals surface area contributed by atoms with Crippen LogP contribution in [-0.4, -0.2) is 25.9 Å². The predicted octanol–water partition coefficient (Wildman–Crippen LogP) is 5.90. The molecule has 4 aromatic rings. The Hall–Kier alpha value is -3.40. The van der Waals surface area contributed by atoms with Gasteiger partial charge in [0.05, 0.1) is 21.3 Å². The van der Waals surface area contributed by atoms with Crippen LogP contribution in [0, 0.1) is 0 Å². The second-order valence-electron chi connectivity index (χ2n) is 6.89. The molecular formula is C25H25NO3. The summed E-state index contributed by atoms with van der Waals surface area (Å²) in [4.78, 5) is 0. The molecule has 0 atom stereocenters. The van der Waals surface area contributed by atoms with E-state index in [9.17, 15) is 0 Å². The summed E-state index contributed by atoms with van der Waals surface area (Å²) in [6.45, 7) is 7.46.